The summed E-state index contributed by atoms with van der Waals surface area (Å²) in [4.78, 5) is 12.2. The van der Waals surface area contributed by atoms with Gasteiger partial charge in [-0.1, -0.05) is 60.7 Å². The molecule has 2 unspecified atom stereocenters. The first-order valence-electron chi connectivity index (χ1n) is 11.3. The summed E-state index contributed by atoms with van der Waals surface area (Å²) in [6.45, 7) is 1.47. The summed E-state index contributed by atoms with van der Waals surface area (Å²) in [6.07, 6.45) is -7.82. The van der Waals surface area contributed by atoms with Crippen molar-refractivity contribution in [2.75, 3.05) is 13.2 Å². The summed E-state index contributed by atoms with van der Waals surface area (Å²) in [5.74, 6) is -0.0801. The minimum absolute atomic E-state index is 0.00850. The van der Waals surface area contributed by atoms with Crippen molar-refractivity contribution in [1.82, 2.24) is 5.32 Å². The Hall–Kier alpha value is -3.36. The zero-order valence-corrected chi connectivity index (χ0v) is 19.0. The van der Waals surface area contributed by atoms with Crippen LogP contribution in [0.2, 0.25) is 0 Å². The molecule has 0 saturated carbocycles. The zero-order valence-electron chi connectivity index (χ0n) is 19.0. The van der Waals surface area contributed by atoms with E-state index < -0.39 is 30.0 Å². The highest BCUT2D eigenvalue weighted by Gasteiger charge is 2.33. The Morgan fingerprint density at radius 1 is 1.00 bits per heavy atom. The van der Waals surface area contributed by atoms with Gasteiger partial charge in [0.15, 0.2) is 0 Å². The summed E-state index contributed by atoms with van der Waals surface area (Å²) in [5, 5.41) is 23.1. The number of carbonyl (C=O) groups excluding carboxylic acids is 1. The van der Waals surface area contributed by atoms with Gasteiger partial charge in [-0.15, -0.1) is 0 Å². The summed E-state index contributed by atoms with van der Waals surface area (Å²) in [5.41, 5.74) is 3.75. The van der Waals surface area contributed by atoms with E-state index >= 15 is 0 Å². The van der Waals surface area contributed by atoms with Crippen molar-refractivity contribution in [3.63, 3.8) is 0 Å². The lowest BCUT2D eigenvalue weighted by Crippen LogP contribution is -2.30. The van der Waals surface area contributed by atoms with Crippen LogP contribution in [0.4, 0.5) is 18.0 Å². The van der Waals surface area contributed by atoms with Gasteiger partial charge >= 0.3 is 12.3 Å². The molecule has 0 heterocycles. The molecule has 1 aliphatic carbocycles. The number of aliphatic hydroxyl groups excluding tert-OH is 2. The van der Waals surface area contributed by atoms with E-state index in [-0.39, 0.29) is 36.6 Å². The van der Waals surface area contributed by atoms with Crippen molar-refractivity contribution in [2.24, 2.45) is 0 Å². The van der Waals surface area contributed by atoms with E-state index in [9.17, 15) is 28.2 Å². The second kappa shape index (κ2) is 10.1. The zero-order chi connectivity index (χ0) is 25.2. The lowest BCUT2D eigenvalue weighted by molar-refractivity contribution is -0.138. The molecule has 0 spiro atoms. The maximum Gasteiger partial charge on any atom is 0.416 e. The summed E-state index contributed by atoms with van der Waals surface area (Å²) in [7, 11) is 0. The minimum Gasteiger partial charge on any atom is -0.449 e. The molecule has 0 bridgehead atoms. The number of alkyl carbamates (subject to hydrolysis) is 1. The molecule has 4 rings (SSSR count). The van der Waals surface area contributed by atoms with Crippen molar-refractivity contribution >= 4 is 6.09 Å². The number of amides is 1. The van der Waals surface area contributed by atoms with Crippen LogP contribution in [0.15, 0.2) is 66.7 Å². The first-order valence-corrected chi connectivity index (χ1v) is 11.3. The fraction of sp³-hybridized carbons (Fsp3) is 0.296. The molecular weight excluding hydrogens is 459 g/mol. The standard InChI is InChI=1S/C27H26F3NO4/c1-16-14-17(10-11-23(16)27(28,29)30)25(33)24(32)12-13-31-26(34)35-15-22-20-8-4-2-6-18(20)19-7-3-5-9-21(19)22/h2-11,14,22,24-25,32-33H,12-13,15H2,1H3,(H,31,34). The summed E-state index contributed by atoms with van der Waals surface area (Å²) >= 11 is 0. The average Bonchev–Trinajstić information content (AvgIpc) is 3.15. The third-order valence-electron chi connectivity index (χ3n) is 6.31. The smallest absolute Gasteiger partial charge is 0.416 e. The lowest BCUT2D eigenvalue weighted by Gasteiger charge is -2.20. The van der Waals surface area contributed by atoms with Gasteiger partial charge in [-0.05, 0) is 52.8 Å². The van der Waals surface area contributed by atoms with Crippen molar-refractivity contribution in [3.8, 4) is 11.1 Å². The largest absolute Gasteiger partial charge is 0.449 e. The predicted molar refractivity (Wildman–Crippen MR) is 125 cm³/mol. The molecule has 2 atom stereocenters. The van der Waals surface area contributed by atoms with E-state index in [0.29, 0.717) is 0 Å². The molecule has 5 nitrogen and oxygen atoms in total. The first-order chi connectivity index (χ1) is 16.7. The molecule has 0 aliphatic heterocycles. The van der Waals surface area contributed by atoms with Crippen molar-refractivity contribution in [2.45, 2.75) is 37.6 Å². The van der Waals surface area contributed by atoms with Gasteiger partial charge in [0.1, 0.15) is 12.7 Å². The van der Waals surface area contributed by atoms with Crippen molar-refractivity contribution < 1.29 is 32.9 Å². The molecule has 184 valence electrons. The molecule has 3 aromatic rings. The van der Waals surface area contributed by atoms with Crippen LogP contribution in [0.5, 0.6) is 0 Å². The van der Waals surface area contributed by atoms with Gasteiger partial charge in [-0.2, -0.15) is 13.2 Å². The number of aryl methyl sites for hydroxylation is 1. The summed E-state index contributed by atoms with van der Waals surface area (Å²) < 4.78 is 44.2. The Kier molecular flexibility index (Phi) is 7.14. The molecule has 0 saturated heterocycles. The normalized spacial score (nSPS) is 14.7. The van der Waals surface area contributed by atoms with Gasteiger partial charge in [-0.25, -0.2) is 4.79 Å². The average molecular weight is 486 g/mol. The van der Waals surface area contributed by atoms with E-state index in [0.717, 1.165) is 34.4 Å². The maximum atomic E-state index is 12.9. The molecule has 1 aliphatic rings. The van der Waals surface area contributed by atoms with Crippen LogP contribution < -0.4 is 5.32 Å². The van der Waals surface area contributed by atoms with Crippen LogP contribution in [0.25, 0.3) is 11.1 Å². The van der Waals surface area contributed by atoms with Gasteiger partial charge in [0.25, 0.3) is 0 Å². The highest BCUT2D eigenvalue weighted by Crippen LogP contribution is 2.44. The monoisotopic (exact) mass is 485 g/mol. The van der Waals surface area contributed by atoms with Crippen molar-refractivity contribution in [3.05, 3.63) is 94.5 Å². The quantitative estimate of drug-likeness (QED) is 0.422. The molecule has 35 heavy (non-hydrogen) atoms. The maximum absolute atomic E-state index is 12.9. The van der Waals surface area contributed by atoms with Crippen LogP contribution >= 0.6 is 0 Å². The molecule has 3 aromatic carbocycles. The number of hydrogen-bond acceptors (Lipinski definition) is 4. The van der Waals surface area contributed by atoms with Crippen LogP contribution in [-0.2, 0) is 10.9 Å². The molecule has 3 N–H and O–H groups in total. The minimum atomic E-state index is -4.49. The molecule has 0 fully saturated rings. The second-order valence-corrected chi connectivity index (χ2v) is 8.63. The van der Waals surface area contributed by atoms with E-state index in [1.807, 2.05) is 48.5 Å². The van der Waals surface area contributed by atoms with Gasteiger partial charge in [0, 0.05) is 12.5 Å². The van der Waals surface area contributed by atoms with E-state index in [2.05, 4.69) is 5.32 Å². The highest BCUT2D eigenvalue weighted by atomic mass is 19.4. The second-order valence-electron chi connectivity index (χ2n) is 8.63. The number of aliphatic hydroxyl groups is 2. The first kappa shape index (κ1) is 24.8. The number of halogens is 3. The molecular formula is C27H26F3NO4. The molecule has 0 aromatic heterocycles. The van der Waals surface area contributed by atoms with Crippen LogP contribution in [0.1, 0.15) is 46.3 Å². The number of rotatable bonds is 7. The molecule has 0 radical (unpaired) electrons. The number of alkyl halides is 3. The lowest BCUT2D eigenvalue weighted by atomic mass is 9.97. The predicted octanol–water partition coefficient (Wildman–Crippen LogP) is 5.34. The number of ether oxygens (including phenoxy) is 1. The van der Waals surface area contributed by atoms with Gasteiger partial charge in [-0.3, -0.25) is 0 Å². The number of hydrogen-bond donors (Lipinski definition) is 3. The number of nitrogens with one attached hydrogen (secondary N) is 1. The SMILES string of the molecule is Cc1cc(C(O)C(O)CCNC(=O)OCC2c3ccccc3-c3ccccc32)ccc1C(F)(F)F. The van der Waals surface area contributed by atoms with Crippen LogP contribution in [0, 0.1) is 6.92 Å². The van der Waals surface area contributed by atoms with Crippen LogP contribution in [-0.4, -0.2) is 35.6 Å². The molecule has 1 amide bonds. The Balaban J connectivity index is 1.28. The number of fused-ring (bicyclic) bond motifs is 3. The van der Waals surface area contributed by atoms with E-state index in [1.54, 1.807) is 0 Å². The third kappa shape index (κ3) is 5.33. The summed E-state index contributed by atoms with van der Waals surface area (Å²) in [6, 6.07) is 19.2. The topological polar surface area (TPSA) is 78.8 Å². The number of carbonyl (C=O) groups is 1. The Bertz CT molecular complexity index is 1170. The van der Waals surface area contributed by atoms with E-state index in [4.69, 9.17) is 4.74 Å². The molecule has 8 heteroatoms. The van der Waals surface area contributed by atoms with Gasteiger partial charge in [0.2, 0.25) is 0 Å². The Labute approximate surface area is 201 Å². The van der Waals surface area contributed by atoms with Crippen LogP contribution in [0.3, 0.4) is 0 Å². The third-order valence-corrected chi connectivity index (χ3v) is 6.31. The number of benzene rings is 3. The fourth-order valence-electron chi connectivity index (χ4n) is 4.54. The fourth-order valence-corrected chi connectivity index (χ4v) is 4.54. The highest BCUT2D eigenvalue weighted by molar-refractivity contribution is 5.79. The van der Waals surface area contributed by atoms with E-state index in [1.165, 1.54) is 13.0 Å². The van der Waals surface area contributed by atoms with Gasteiger partial charge in [0.05, 0.1) is 11.7 Å². The van der Waals surface area contributed by atoms with Crippen molar-refractivity contribution in [1.29, 1.82) is 0 Å². The van der Waals surface area contributed by atoms with Gasteiger partial charge < -0.3 is 20.3 Å². The Morgan fingerprint density at radius 2 is 1.60 bits per heavy atom. The Morgan fingerprint density at radius 3 is 2.17 bits per heavy atom.